The number of nitrogens with zero attached hydrogens (tertiary/aromatic N) is 8. The van der Waals surface area contributed by atoms with Crippen LogP contribution in [0.1, 0.15) is 53.5 Å². The van der Waals surface area contributed by atoms with E-state index in [-0.39, 0.29) is 29.5 Å². The molecule has 15 nitrogen and oxygen atoms in total. The highest BCUT2D eigenvalue weighted by Gasteiger charge is 2.50. The highest BCUT2D eigenvalue weighted by Crippen LogP contribution is 2.44. The fraction of sp³-hybridized carbons (Fsp3) is 0.425. The maximum absolute atomic E-state index is 14.9. The van der Waals surface area contributed by atoms with Gasteiger partial charge < -0.3 is 29.9 Å². The average molecular weight is 781 g/mol. The maximum Gasteiger partial charge on any atom is 0.255 e. The van der Waals surface area contributed by atoms with Crippen LogP contribution in [0.5, 0.6) is 11.6 Å². The molecule has 0 spiro atoms. The molecular formula is C40H42F2N10O5. The summed E-state index contributed by atoms with van der Waals surface area (Å²) < 4.78 is 35.6. The van der Waals surface area contributed by atoms with E-state index in [1.165, 1.54) is 6.07 Å². The number of carbonyl (C=O) groups is 3. The number of amides is 3. The van der Waals surface area contributed by atoms with Crippen LogP contribution in [0, 0.1) is 5.82 Å². The topological polar surface area (TPSA) is 169 Å². The van der Waals surface area contributed by atoms with Gasteiger partial charge in [0, 0.05) is 75.5 Å². The van der Waals surface area contributed by atoms with Gasteiger partial charge in [0.25, 0.3) is 5.91 Å². The van der Waals surface area contributed by atoms with Gasteiger partial charge in [0.2, 0.25) is 17.7 Å². The molecule has 3 amide bonds. The second-order valence-electron chi connectivity index (χ2n) is 15.3. The Labute approximate surface area is 327 Å². The van der Waals surface area contributed by atoms with Crippen LogP contribution in [0.2, 0.25) is 0 Å². The van der Waals surface area contributed by atoms with Gasteiger partial charge in [0.15, 0.2) is 17.4 Å². The number of aryl methyl sites for hydroxylation is 1. The highest BCUT2D eigenvalue weighted by molar-refractivity contribution is 6.05. The summed E-state index contributed by atoms with van der Waals surface area (Å²) >= 11 is 0. The summed E-state index contributed by atoms with van der Waals surface area (Å²) in [5, 5.41) is 24.4. The smallest absolute Gasteiger partial charge is 0.255 e. The van der Waals surface area contributed by atoms with E-state index in [9.17, 15) is 28.3 Å². The number of fused-ring (bicyclic) bond motifs is 4. The lowest BCUT2D eigenvalue weighted by atomic mass is 9.94. The first kappa shape index (κ1) is 36.7. The Morgan fingerprint density at radius 1 is 1.05 bits per heavy atom. The van der Waals surface area contributed by atoms with Gasteiger partial charge in [-0.2, -0.15) is 0 Å². The summed E-state index contributed by atoms with van der Waals surface area (Å²) in [6.45, 7) is 6.01. The summed E-state index contributed by atoms with van der Waals surface area (Å²) in [5.41, 5.74) is 4.12. The standard InChI is InChI=1S/C40H42F2N10O5/c1-2-30-38(57-26-16-40(21-41)22-44-36-33(52(40)20-26)15-31(47-48-36)27-4-3-5-29(42)35(27)54)43-17-24(45-30)19-49-10-12-50(13-11-49)25-7-6-23-18-51(39(56)28(23)14-25)32-8-9-34(53)46-37(32)55/h3-7,14-15,17,26,32,54H,2,8-13,16,18-22H2,1H3,(H,44,48)(H,46,53,55)/t26-,32+,40+/m1/s1. The molecule has 5 aliphatic heterocycles. The van der Waals surface area contributed by atoms with Crippen LogP contribution < -0.4 is 25.2 Å². The van der Waals surface area contributed by atoms with E-state index in [2.05, 4.69) is 30.6 Å². The van der Waals surface area contributed by atoms with Gasteiger partial charge in [0.05, 0.1) is 35.4 Å². The number of phenolic OH excluding ortho intramolecular Hbond substituents is 1. The molecule has 3 fully saturated rings. The predicted molar refractivity (Wildman–Crippen MR) is 204 cm³/mol. The van der Waals surface area contributed by atoms with E-state index in [1.807, 2.05) is 30.0 Å². The number of imide groups is 1. The predicted octanol–water partition coefficient (Wildman–Crippen LogP) is 3.22. The van der Waals surface area contributed by atoms with Crippen molar-refractivity contribution in [2.75, 3.05) is 61.1 Å². The van der Waals surface area contributed by atoms with Crippen molar-refractivity contribution in [1.29, 1.82) is 0 Å². The average Bonchev–Trinajstić information content (AvgIpc) is 3.76. The number of rotatable bonds is 9. The number of hydrogen-bond acceptors (Lipinski definition) is 13. The molecule has 0 radical (unpaired) electrons. The number of anilines is 3. The molecular weight excluding hydrogens is 739 g/mol. The van der Waals surface area contributed by atoms with Crippen molar-refractivity contribution < 1.29 is 33.0 Å². The SMILES string of the molecule is CCc1nc(CN2CCN(c3ccc4c(c3)C(=O)N([C@H]3CCC(=O)NC3=O)C4)CC2)cnc1O[C@H]1CN2c3cc(-c4cccc(F)c4O)nnc3NC[C@@]2(CF)C1. The van der Waals surface area contributed by atoms with E-state index < -0.39 is 41.8 Å². The number of halogens is 2. The number of hydrogen-bond donors (Lipinski definition) is 3. The molecule has 7 heterocycles. The third kappa shape index (κ3) is 6.62. The van der Waals surface area contributed by atoms with Crippen LogP contribution in [0.25, 0.3) is 11.3 Å². The first-order valence-electron chi connectivity index (χ1n) is 19.3. The number of alkyl halides is 1. The third-order valence-corrected chi connectivity index (χ3v) is 11.8. The van der Waals surface area contributed by atoms with Gasteiger partial charge in [-0.3, -0.25) is 24.6 Å². The van der Waals surface area contributed by atoms with Gasteiger partial charge in [-0.25, -0.2) is 18.7 Å². The zero-order chi connectivity index (χ0) is 39.4. The van der Waals surface area contributed by atoms with Gasteiger partial charge >= 0.3 is 0 Å². The number of carbonyl (C=O) groups excluding carboxylic acids is 3. The van der Waals surface area contributed by atoms with Gasteiger partial charge in [-0.1, -0.05) is 19.1 Å². The van der Waals surface area contributed by atoms with Gasteiger partial charge in [-0.15, -0.1) is 10.2 Å². The first-order valence-corrected chi connectivity index (χ1v) is 19.3. The molecule has 3 saturated heterocycles. The van der Waals surface area contributed by atoms with Crippen molar-refractivity contribution in [2.24, 2.45) is 0 Å². The number of aromatic hydroxyl groups is 1. The Balaban J connectivity index is 0.831. The number of piperazine rings is 1. The van der Waals surface area contributed by atoms with E-state index in [0.717, 1.165) is 49.2 Å². The molecule has 17 heteroatoms. The summed E-state index contributed by atoms with van der Waals surface area (Å²) in [5.74, 6) is -1.31. The minimum absolute atomic E-state index is 0.182. The van der Waals surface area contributed by atoms with E-state index in [4.69, 9.17) is 14.7 Å². The van der Waals surface area contributed by atoms with Crippen molar-refractivity contribution >= 4 is 34.9 Å². The number of phenols is 1. The van der Waals surface area contributed by atoms with Crippen LogP contribution in [-0.2, 0) is 29.1 Å². The molecule has 3 atom stereocenters. The molecule has 0 aliphatic carbocycles. The molecule has 0 saturated carbocycles. The summed E-state index contributed by atoms with van der Waals surface area (Å²) in [6.07, 6.45) is 2.86. The number of nitrogens with one attached hydrogen (secondary N) is 2. The second kappa shape index (κ2) is 14.5. The van der Waals surface area contributed by atoms with Gasteiger partial charge in [-0.05, 0) is 48.7 Å². The minimum atomic E-state index is -0.907. The lowest BCUT2D eigenvalue weighted by Gasteiger charge is -2.42. The van der Waals surface area contributed by atoms with Crippen LogP contribution in [0.3, 0.4) is 0 Å². The largest absolute Gasteiger partial charge is 0.504 e. The number of piperidine rings is 1. The lowest BCUT2D eigenvalue weighted by molar-refractivity contribution is -0.136. The molecule has 0 bridgehead atoms. The first-order chi connectivity index (χ1) is 27.6. The van der Waals surface area contributed by atoms with Crippen molar-refractivity contribution in [3.8, 4) is 22.9 Å². The molecule has 9 rings (SSSR count). The van der Waals surface area contributed by atoms with E-state index >= 15 is 0 Å². The van der Waals surface area contributed by atoms with Crippen LogP contribution >= 0.6 is 0 Å². The molecule has 5 aliphatic rings. The van der Waals surface area contributed by atoms with Crippen LogP contribution in [0.4, 0.5) is 26.0 Å². The summed E-state index contributed by atoms with van der Waals surface area (Å²) in [6, 6.07) is 11.2. The van der Waals surface area contributed by atoms with Gasteiger partial charge in [0.1, 0.15) is 24.5 Å². The van der Waals surface area contributed by atoms with Crippen LogP contribution in [0.15, 0.2) is 48.7 Å². The zero-order valence-electron chi connectivity index (χ0n) is 31.4. The number of ether oxygens (including phenoxy) is 1. The Morgan fingerprint density at radius 2 is 1.89 bits per heavy atom. The zero-order valence-corrected chi connectivity index (χ0v) is 31.4. The van der Waals surface area contributed by atoms with E-state index in [0.29, 0.717) is 74.1 Å². The Hall–Kier alpha value is -5.97. The van der Waals surface area contributed by atoms with Crippen molar-refractivity contribution in [3.63, 3.8) is 0 Å². The monoisotopic (exact) mass is 780 g/mol. The fourth-order valence-corrected chi connectivity index (χ4v) is 8.74. The molecule has 4 aromatic rings. The summed E-state index contributed by atoms with van der Waals surface area (Å²) in [4.78, 5) is 55.2. The van der Waals surface area contributed by atoms with Crippen LogP contribution in [-0.4, -0.2) is 116 Å². The molecule has 57 heavy (non-hydrogen) atoms. The molecule has 2 aromatic carbocycles. The normalized spacial score (nSPS) is 23.2. The quantitative estimate of drug-likeness (QED) is 0.212. The number of benzene rings is 2. The Morgan fingerprint density at radius 3 is 2.68 bits per heavy atom. The molecule has 0 unspecified atom stereocenters. The Bertz CT molecular complexity index is 2270. The summed E-state index contributed by atoms with van der Waals surface area (Å²) in [7, 11) is 0. The molecule has 2 aromatic heterocycles. The minimum Gasteiger partial charge on any atom is -0.504 e. The van der Waals surface area contributed by atoms with Crippen molar-refractivity contribution in [1.82, 2.24) is 35.3 Å². The number of aromatic nitrogens is 4. The van der Waals surface area contributed by atoms with Crippen molar-refractivity contribution in [2.45, 2.75) is 63.4 Å². The lowest BCUT2D eigenvalue weighted by Crippen LogP contribution is -2.54. The maximum atomic E-state index is 14.9. The number of para-hydroxylation sites is 1. The third-order valence-electron chi connectivity index (χ3n) is 11.8. The molecule has 3 N–H and O–H groups in total. The van der Waals surface area contributed by atoms with Crippen molar-refractivity contribution in [3.05, 3.63) is 77.0 Å². The molecule has 296 valence electrons. The fourth-order valence-electron chi connectivity index (χ4n) is 8.74. The second-order valence-corrected chi connectivity index (χ2v) is 15.3. The highest BCUT2D eigenvalue weighted by atomic mass is 19.1. The Kier molecular flexibility index (Phi) is 9.33. The van der Waals surface area contributed by atoms with E-state index in [1.54, 1.807) is 23.2 Å².